The van der Waals surface area contributed by atoms with E-state index in [0.29, 0.717) is 6.54 Å². The molecular weight excluding hydrogens is 404 g/mol. The lowest BCUT2D eigenvalue weighted by atomic mass is 10.1. The second-order valence-electron chi connectivity index (χ2n) is 8.38. The van der Waals surface area contributed by atoms with Crippen molar-refractivity contribution in [1.29, 1.82) is 0 Å². The van der Waals surface area contributed by atoms with Gasteiger partial charge in [-0.2, -0.15) is 5.10 Å². The van der Waals surface area contributed by atoms with Gasteiger partial charge < -0.3 is 14.5 Å². The first kappa shape index (κ1) is 22.2. The van der Waals surface area contributed by atoms with Crippen molar-refractivity contribution in [2.75, 3.05) is 44.8 Å². The Kier molecular flexibility index (Phi) is 6.99. The molecule has 8 nitrogen and oxygen atoms in total. The molecule has 2 aromatic heterocycles. The Morgan fingerprint density at radius 1 is 1.12 bits per heavy atom. The highest BCUT2D eigenvalue weighted by atomic mass is 16.5. The van der Waals surface area contributed by atoms with Crippen LogP contribution in [0.3, 0.4) is 0 Å². The smallest absolute Gasteiger partial charge is 0.248 e. The van der Waals surface area contributed by atoms with Crippen LogP contribution in [0.4, 0.5) is 5.82 Å². The number of para-hydroxylation sites is 1. The number of nitrogens with zero attached hydrogens (tertiary/aromatic N) is 6. The predicted molar refractivity (Wildman–Crippen MR) is 125 cm³/mol. The van der Waals surface area contributed by atoms with Gasteiger partial charge in [0.1, 0.15) is 18.2 Å². The molecule has 0 saturated carbocycles. The van der Waals surface area contributed by atoms with Crippen molar-refractivity contribution >= 4 is 22.8 Å². The lowest BCUT2D eigenvalue weighted by molar-refractivity contribution is -0.134. The van der Waals surface area contributed by atoms with Gasteiger partial charge in [-0.05, 0) is 25.0 Å². The number of fused-ring (bicyclic) bond motifs is 1. The standard InChI is InChI=1S/C24H32N6O2/c1-4-9-18(2)22-26-23(29-13-8-12-28(14-15-29)21(31)17-32-3)20-16-25-30(24(20)27-22)19-10-6-5-7-11-19/h5-7,10-11,16,18H,4,8-9,12-15,17H2,1-3H3/t18-/m0/s1. The van der Waals surface area contributed by atoms with Crippen molar-refractivity contribution < 1.29 is 9.53 Å². The van der Waals surface area contributed by atoms with Gasteiger partial charge in [-0.25, -0.2) is 14.6 Å². The Balaban J connectivity index is 1.73. The topological polar surface area (TPSA) is 76.4 Å². The zero-order chi connectivity index (χ0) is 22.5. The fourth-order valence-electron chi connectivity index (χ4n) is 4.28. The molecular formula is C24H32N6O2. The summed E-state index contributed by atoms with van der Waals surface area (Å²) in [6, 6.07) is 10.1. The summed E-state index contributed by atoms with van der Waals surface area (Å²) in [6.45, 7) is 7.44. The Morgan fingerprint density at radius 3 is 2.69 bits per heavy atom. The number of benzene rings is 1. The molecule has 0 unspecified atom stereocenters. The van der Waals surface area contributed by atoms with Gasteiger partial charge in [0.05, 0.1) is 17.3 Å². The van der Waals surface area contributed by atoms with E-state index in [9.17, 15) is 4.79 Å². The second kappa shape index (κ2) is 10.1. The van der Waals surface area contributed by atoms with Gasteiger partial charge in [0.25, 0.3) is 0 Å². The summed E-state index contributed by atoms with van der Waals surface area (Å²) in [4.78, 5) is 26.5. The Bertz CT molecular complexity index is 1050. The third-order valence-corrected chi connectivity index (χ3v) is 6.00. The van der Waals surface area contributed by atoms with Crippen molar-refractivity contribution in [1.82, 2.24) is 24.6 Å². The number of rotatable bonds is 7. The van der Waals surface area contributed by atoms with E-state index in [1.165, 1.54) is 0 Å². The minimum Gasteiger partial charge on any atom is -0.375 e. The fraction of sp³-hybridized carbons (Fsp3) is 0.500. The van der Waals surface area contributed by atoms with Crippen molar-refractivity contribution in [3.8, 4) is 5.69 Å². The van der Waals surface area contributed by atoms with Gasteiger partial charge in [0.15, 0.2) is 5.65 Å². The van der Waals surface area contributed by atoms with Crippen molar-refractivity contribution in [2.24, 2.45) is 0 Å². The van der Waals surface area contributed by atoms with Crippen LogP contribution in [0, 0.1) is 0 Å². The van der Waals surface area contributed by atoms with Crippen molar-refractivity contribution in [2.45, 2.75) is 39.0 Å². The maximum atomic E-state index is 12.3. The van der Waals surface area contributed by atoms with Gasteiger partial charge in [0, 0.05) is 39.2 Å². The van der Waals surface area contributed by atoms with E-state index in [4.69, 9.17) is 14.7 Å². The molecule has 1 atom stereocenters. The minimum absolute atomic E-state index is 0.0383. The molecule has 1 aromatic carbocycles. The zero-order valence-corrected chi connectivity index (χ0v) is 19.2. The summed E-state index contributed by atoms with van der Waals surface area (Å²) in [5, 5.41) is 5.61. The molecule has 3 aromatic rings. The molecule has 0 radical (unpaired) electrons. The number of carbonyl (C=O) groups is 1. The Morgan fingerprint density at radius 2 is 1.94 bits per heavy atom. The summed E-state index contributed by atoms with van der Waals surface area (Å²) in [7, 11) is 1.56. The molecule has 1 aliphatic heterocycles. The van der Waals surface area contributed by atoms with Crippen LogP contribution in [0.25, 0.3) is 16.7 Å². The van der Waals surface area contributed by atoms with Gasteiger partial charge >= 0.3 is 0 Å². The van der Waals surface area contributed by atoms with E-state index in [0.717, 1.165) is 67.3 Å². The summed E-state index contributed by atoms with van der Waals surface area (Å²) in [5.74, 6) is 2.06. The SMILES string of the molecule is CCC[C@H](C)c1nc(N2CCCN(C(=O)COC)CC2)c2cnn(-c3ccccc3)c2n1. The average molecular weight is 437 g/mol. The van der Waals surface area contributed by atoms with Crippen LogP contribution in [0.5, 0.6) is 0 Å². The monoisotopic (exact) mass is 436 g/mol. The highest BCUT2D eigenvalue weighted by molar-refractivity contribution is 5.88. The molecule has 8 heteroatoms. The van der Waals surface area contributed by atoms with Gasteiger partial charge in [-0.1, -0.05) is 38.5 Å². The van der Waals surface area contributed by atoms with Gasteiger partial charge in [-0.15, -0.1) is 0 Å². The number of ether oxygens (including phenoxy) is 1. The number of carbonyl (C=O) groups excluding carboxylic acids is 1. The minimum atomic E-state index is 0.0383. The lowest BCUT2D eigenvalue weighted by Gasteiger charge is -2.24. The summed E-state index contributed by atoms with van der Waals surface area (Å²) in [5.41, 5.74) is 1.81. The number of hydrogen-bond donors (Lipinski definition) is 0. The molecule has 1 saturated heterocycles. The molecule has 32 heavy (non-hydrogen) atoms. The lowest BCUT2D eigenvalue weighted by Crippen LogP contribution is -2.37. The largest absolute Gasteiger partial charge is 0.375 e. The van der Waals surface area contributed by atoms with E-state index >= 15 is 0 Å². The first-order valence-corrected chi connectivity index (χ1v) is 11.4. The van der Waals surface area contributed by atoms with E-state index in [-0.39, 0.29) is 18.4 Å². The van der Waals surface area contributed by atoms with E-state index in [1.807, 2.05) is 46.1 Å². The molecule has 0 bridgehead atoms. The number of anilines is 1. The van der Waals surface area contributed by atoms with Gasteiger partial charge in [0.2, 0.25) is 5.91 Å². The molecule has 0 N–H and O–H groups in total. The highest BCUT2D eigenvalue weighted by Crippen LogP contribution is 2.29. The average Bonchev–Trinajstić information content (AvgIpc) is 3.08. The first-order chi connectivity index (χ1) is 15.6. The molecule has 1 aliphatic rings. The third kappa shape index (κ3) is 4.60. The van der Waals surface area contributed by atoms with Crippen molar-refractivity contribution in [3.05, 3.63) is 42.4 Å². The maximum Gasteiger partial charge on any atom is 0.248 e. The molecule has 1 fully saturated rings. The van der Waals surface area contributed by atoms with Crippen LogP contribution in [0.1, 0.15) is 44.9 Å². The summed E-state index contributed by atoms with van der Waals surface area (Å²) < 4.78 is 6.94. The first-order valence-electron chi connectivity index (χ1n) is 11.4. The normalized spacial score (nSPS) is 15.7. The number of methoxy groups -OCH3 is 1. The quantitative estimate of drug-likeness (QED) is 0.565. The fourth-order valence-corrected chi connectivity index (χ4v) is 4.28. The van der Waals surface area contributed by atoms with Crippen LogP contribution in [-0.2, 0) is 9.53 Å². The second-order valence-corrected chi connectivity index (χ2v) is 8.38. The Labute approximate surface area is 189 Å². The Hall–Kier alpha value is -3.00. The van der Waals surface area contributed by atoms with Crippen LogP contribution >= 0.6 is 0 Å². The third-order valence-electron chi connectivity index (χ3n) is 6.00. The predicted octanol–water partition coefficient (Wildman–Crippen LogP) is 3.40. The number of aromatic nitrogens is 4. The van der Waals surface area contributed by atoms with E-state index < -0.39 is 0 Å². The van der Waals surface area contributed by atoms with Crippen LogP contribution in [0.15, 0.2) is 36.5 Å². The van der Waals surface area contributed by atoms with Gasteiger partial charge in [-0.3, -0.25) is 4.79 Å². The van der Waals surface area contributed by atoms with Crippen LogP contribution < -0.4 is 4.90 Å². The maximum absolute atomic E-state index is 12.3. The highest BCUT2D eigenvalue weighted by Gasteiger charge is 2.24. The van der Waals surface area contributed by atoms with Crippen LogP contribution in [0.2, 0.25) is 0 Å². The van der Waals surface area contributed by atoms with E-state index in [2.05, 4.69) is 23.8 Å². The molecule has 4 rings (SSSR count). The summed E-state index contributed by atoms with van der Waals surface area (Å²) in [6.07, 6.45) is 4.86. The number of amides is 1. The van der Waals surface area contributed by atoms with Crippen molar-refractivity contribution in [3.63, 3.8) is 0 Å². The molecule has 3 heterocycles. The number of hydrogen-bond acceptors (Lipinski definition) is 6. The molecule has 170 valence electrons. The molecule has 0 aliphatic carbocycles. The molecule has 1 amide bonds. The summed E-state index contributed by atoms with van der Waals surface area (Å²) >= 11 is 0. The zero-order valence-electron chi connectivity index (χ0n) is 19.2. The molecule has 0 spiro atoms. The van der Waals surface area contributed by atoms with Crippen LogP contribution in [-0.4, -0.2) is 70.5 Å². The van der Waals surface area contributed by atoms with E-state index in [1.54, 1.807) is 7.11 Å².